The van der Waals surface area contributed by atoms with Crippen LogP contribution in [0.5, 0.6) is 0 Å². The molecule has 3 N–H and O–H groups in total. The van der Waals surface area contributed by atoms with E-state index in [1.165, 1.54) is 6.20 Å². The van der Waals surface area contributed by atoms with Crippen LogP contribution in [-0.4, -0.2) is 29.2 Å². The highest BCUT2D eigenvalue weighted by molar-refractivity contribution is 9.10. The second-order valence-electron chi connectivity index (χ2n) is 5.94. The Kier molecular flexibility index (Phi) is 5.50. The Morgan fingerprint density at radius 2 is 2.11 bits per heavy atom. The molecule has 6 nitrogen and oxygen atoms in total. The number of nitrogens with zero attached hydrogens (tertiary/aromatic N) is 1. The zero-order valence-corrected chi connectivity index (χ0v) is 16.5. The topological polar surface area (TPSA) is 95.1 Å². The lowest BCUT2D eigenvalue weighted by Gasteiger charge is -2.16. The molecule has 10 heteroatoms. The number of aromatic nitrogens is 2. The van der Waals surface area contributed by atoms with Gasteiger partial charge in [-0.25, -0.2) is 22.2 Å². The van der Waals surface area contributed by atoms with Gasteiger partial charge in [-0.3, -0.25) is 4.72 Å². The van der Waals surface area contributed by atoms with Crippen molar-refractivity contribution in [3.05, 3.63) is 57.8 Å². The lowest BCUT2D eigenvalue weighted by molar-refractivity contribution is 0.211. The van der Waals surface area contributed by atoms with Crippen LogP contribution in [0.15, 0.2) is 35.1 Å². The van der Waals surface area contributed by atoms with Crippen molar-refractivity contribution in [2.24, 2.45) is 0 Å². The zero-order valence-electron chi connectivity index (χ0n) is 14.1. The van der Waals surface area contributed by atoms with Gasteiger partial charge in [-0.1, -0.05) is 6.92 Å². The van der Waals surface area contributed by atoms with Crippen LogP contribution < -0.4 is 4.72 Å². The number of rotatable bonds is 6. The maximum atomic E-state index is 14.9. The molecule has 1 atom stereocenters. The van der Waals surface area contributed by atoms with E-state index in [1.54, 1.807) is 19.2 Å². The van der Waals surface area contributed by atoms with Crippen molar-refractivity contribution in [1.82, 2.24) is 9.97 Å². The Bertz CT molecular complexity index is 1100. The van der Waals surface area contributed by atoms with E-state index in [-0.39, 0.29) is 11.3 Å². The molecule has 0 amide bonds. The first-order valence-electron chi connectivity index (χ1n) is 8.02. The minimum absolute atomic E-state index is 0.205. The third kappa shape index (κ3) is 3.97. The summed E-state index contributed by atoms with van der Waals surface area (Å²) in [5, 5.41) is 11.1. The average molecular weight is 460 g/mol. The molecule has 3 aromatic rings. The summed E-state index contributed by atoms with van der Waals surface area (Å²) in [5.74, 6) is -2.36. The van der Waals surface area contributed by atoms with Crippen LogP contribution in [0.25, 0.3) is 11.0 Å². The Morgan fingerprint density at radius 3 is 2.81 bits per heavy atom. The number of aliphatic hydroxyl groups excluding tert-OH is 1. The molecular weight excluding hydrogens is 444 g/mol. The van der Waals surface area contributed by atoms with Gasteiger partial charge >= 0.3 is 0 Å². The van der Waals surface area contributed by atoms with E-state index in [0.717, 1.165) is 12.1 Å². The molecule has 0 aliphatic heterocycles. The van der Waals surface area contributed by atoms with Crippen molar-refractivity contribution in [3.8, 4) is 0 Å². The molecule has 2 heterocycles. The van der Waals surface area contributed by atoms with Crippen LogP contribution in [0.2, 0.25) is 0 Å². The van der Waals surface area contributed by atoms with E-state index in [4.69, 9.17) is 0 Å². The van der Waals surface area contributed by atoms with Gasteiger partial charge in [0.25, 0.3) is 0 Å². The van der Waals surface area contributed by atoms with Gasteiger partial charge in [0.2, 0.25) is 10.0 Å². The molecule has 0 spiro atoms. The lowest BCUT2D eigenvalue weighted by Crippen LogP contribution is -2.18. The number of halogens is 3. The second kappa shape index (κ2) is 7.53. The van der Waals surface area contributed by atoms with Crippen molar-refractivity contribution in [3.63, 3.8) is 0 Å². The highest BCUT2D eigenvalue weighted by atomic mass is 79.9. The lowest BCUT2D eigenvalue weighted by atomic mass is 10.00. The third-order valence-electron chi connectivity index (χ3n) is 3.96. The first kappa shape index (κ1) is 19.7. The second-order valence-corrected chi connectivity index (χ2v) is 8.70. The van der Waals surface area contributed by atoms with E-state index in [1.807, 2.05) is 0 Å². The van der Waals surface area contributed by atoms with E-state index in [2.05, 4.69) is 30.6 Å². The van der Waals surface area contributed by atoms with E-state index >= 15 is 0 Å². The van der Waals surface area contributed by atoms with Crippen molar-refractivity contribution in [2.75, 3.05) is 10.5 Å². The van der Waals surface area contributed by atoms with Gasteiger partial charge in [0.15, 0.2) is 5.82 Å². The Morgan fingerprint density at radius 1 is 1.37 bits per heavy atom. The minimum Gasteiger partial charge on any atom is -0.383 e. The highest BCUT2D eigenvalue weighted by Crippen LogP contribution is 2.34. The normalized spacial score (nSPS) is 13.1. The van der Waals surface area contributed by atoms with Crippen LogP contribution >= 0.6 is 15.9 Å². The molecule has 0 saturated carbocycles. The summed E-state index contributed by atoms with van der Waals surface area (Å²) in [7, 11) is -3.77. The first-order chi connectivity index (χ1) is 12.7. The fourth-order valence-corrected chi connectivity index (χ4v) is 4.23. The maximum absolute atomic E-state index is 14.9. The number of aromatic amines is 1. The smallest absolute Gasteiger partial charge is 0.232 e. The highest BCUT2D eigenvalue weighted by Gasteiger charge is 2.26. The fraction of sp³-hybridized carbons (Fsp3) is 0.235. The zero-order chi connectivity index (χ0) is 19.8. The number of pyridine rings is 1. The van der Waals surface area contributed by atoms with Crippen LogP contribution in [0.3, 0.4) is 0 Å². The van der Waals surface area contributed by atoms with Crippen LogP contribution in [0.4, 0.5) is 14.5 Å². The van der Waals surface area contributed by atoms with Crippen LogP contribution in [0.1, 0.15) is 30.6 Å². The van der Waals surface area contributed by atoms with Crippen molar-refractivity contribution in [1.29, 1.82) is 0 Å². The Balaban J connectivity index is 2.07. The summed E-state index contributed by atoms with van der Waals surface area (Å²) < 4.78 is 55.7. The molecule has 0 bridgehead atoms. The molecule has 1 unspecified atom stereocenters. The number of fused-ring (bicyclic) bond motifs is 1. The largest absolute Gasteiger partial charge is 0.383 e. The molecule has 0 aliphatic carbocycles. The van der Waals surface area contributed by atoms with Crippen molar-refractivity contribution < 1.29 is 22.3 Å². The molecular formula is C17H16BrF2N3O3S. The van der Waals surface area contributed by atoms with Gasteiger partial charge in [0.1, 0.15) is 17.6 Å². The number of aliphatic hydroxyl groups is 1. The van der Waals surface area contributed by atoms with Crippen LogP contribution in [-0.2, 0) is 10.0 Å². The summed E-state index contributed by atoms with van der Waals surface area (Å²) in [6.07, 6.45) is 1.62. The number of H-pyrrole nitrogens is 1. The van der Waals surface area contributed by atoms with Crippen molar-refractivity contribution in [2.45, 2.75) is 19.4 Å². The molecule has 27 heavy (non-hydrogen) atoms. The van der Waals surface area contributed by atoms with Gasteiger partial charge in [0.05, 0.1) is 17.0 Å². The first-order valence-corrected chi connectivity index (χ1v) is 10.5. The fourth-order valence-electron chi connectivity index (χ4n) is 2.77. The quantitative estimate of drug-likeness (QED) is 0.521. The minimum atomic E-state index is -3.77. The molecule has 1 aromatic carbocycles. The number of hydrogen-bond acceptors (Lipinski definition) is 4. The summed E-state index contributed by atoms with van der Waals surface area (Å²) in [5.41, 5.74) is -0.413. The van der Waals surface area contributed by atoms with Gasteiger partial charge < -0.3 is 10.1 Å². The molecule has 0 fully saturated rings. The van der Waals surface area contributed by atoms with Gasteiger partial charge in [-0.15, -0.1) is 0 Å². The number of sulfonamides is 1. The molecule has 0 aliphatic rings. The maximum Gasteiger partial charge on any atom is 0.232 e. The molecule has 3 rings (SSSR count). The molecule has 2 aromatic heterocycles. The standard InChI is InChI=1S/C17H16BrF2N3O3S/c1-2-5-27(25,26)23-13-4-3-12(19)14(15(13)20)16(24)11-8-22-17-10(11)6-9(18)7-21-17/h3-4,6-8,16,23-24H,2,5H2,1H3,(H,21,22). The summed E-state index contributed by atoms with van der Waals surface area (Å²) in [6.45, 7) is 1.67. The molecule has 144 valence electrons. The summed E-state index contributed by atoms with van der Waals surface area (Å²) in [6, 6.07) is 3.55. The van der Waals surface area contributed by atoms with Gasteiger partial charge in [0, 0.05) is 27.8 Å². The molecule has 0 radical (unpaired) electrons. The summed E-state index contributed by atoms with van der Waals surface area (Å²) >= 11 is 3.26. The van der Waals surface area contributed by atoms with E-state index < -0.39 is 39.0 Å². The van der Waals surface area contributed by atoms with Crippen LogP contribution in [0, 0.1) is 11.6 Å². The monoisotopic (exact) mass is 459 g/mol. The number of anilines is 1. The number of nitrogens with one attached hydrogen (secondary N) is 2. The number of benzene rings is 1. The Labute approximate surface area is 162 Å². The summed E-state index contributed by atoms with van der Waals surface area (Å²) in [4.78, 5) is 6.94. The molecule has 0 saturated heterocycles. The SMILES string of the molecule is CCCS(=O)(=O)Nc1ccc(F)c(C(O)c2c[nH]c3ncc(Br)cc23)c1F. The average Bonchev–Trinajstić information content (AvgIpc) is 3.00. The van der Waals surface area contributed by atoms with Crippen molar-refractivity contribution >= 4 is 42.7 Å². The van der Waals surface area contributed by atoms with E-state index in [9.17, 15) is 22.3 Å². The van der Waals surface area contributed by atoms with E-state index in [0.29, 0.717) is 21.9 Å². The predicted molar refractivity (Wildman–Crippen MR) is 102 cm³/mol. The third-order valence-corrected chi connectivity index (χ3v) is 5.87. The Hall–Kier alpha value is -2.04. The van der Waals surface area contributed by atoms with Gasteiger partial charge in [-0.05, 0) is 40.5 Å². The van der Waals surface area contributed by atoms with Gasteiger partial charge in [-0.2, -0.15) is 0 Å². The number of hydrogen-bond donors (Lipinski definition) is 3. The predicted octanol–water partition coefficient (Wildman–Crippen LogP) is 3.84.